The van der Waals surface area contributed by atoms with Crippen molar-refractivity contribution in [1.29, 1.82) is 0 Å². The van der Waals surface area contributed by atoms with E-state index in [0.29, 0.717) is 16.7 Å². The highest BCUT2D eigenvalue weighted by Gasteiger charge is 2.65. The Morgan fingerprint density at radius 3 is 1.93 bits per heavy atom. The molecule has 0 bridgehead atoms. The highest BCUT2D eigenvalue weighted by molar-refractivity contribution is 9.10. The lowest BCUT2D eigenvalue weighted by Gasteiger charge is -2.05. The van der Waals surface area contributed by atoms with Crippen molar-refractivity contribution in [3.8, 4) is 0 Å². The van der Waals surface area contributed by atoms with Crippen LogP contribution in [0.3, 0.4) is 0 Å². The first-order valence-electron chi connectivity index (χ1n) is 5.13. The molecule has 14 heavy (non-hydrogen) atoms. The van der Waals surface area contributed by atoms with Crippen LogP contribution < -0.4 is 0 Å². The zero-order chi connectivity index (χ0) is 10.6. The molecular weight excluding hydrogens is 236 g/mol. The Morgan fingerprint density at radius 2 is 1.50 bits per heavy atom. The van der Waals surface area contributed by atoms with Gasteiger partial charge in [-0.2, -0.15) is 0 Å². The fraction of sp³-hybridized carbons (Fsp3) is 0.538. The summed E-state index contributed by atoms with van der Waals surface area (Å²) in [5.41, 5.74) is 2.32. The monoisotopic (exact) mass is 252 g/mol. The molecule has 0 aliphatic heterocycles. The van der Waals surface area contributed by atoms with Gasteiger partial charge in [0.1, 0.15) is 0 Å². The van der Waals surface area contributed by atoms with E-state index in [1.807, 2.05) is 0 Å². The zero-order valence-electron chi connectivity index (χ0n) is 9.26. The van der Waals surface area contributed by atoms with Crippen LogP contribution in [0.5, 0.6) is 0 Å². The summed E-state index contributed by atoms with van der Waals surface area (Å²) >= 11 is 3.64. The van der Waals surface area contributed by atoms with Crippen molar-refractivity contribution in [1.82, 2.24) is 0 Å². The molecule has 1 aromatic rings. The molecule has 1 saturated carbocycles. The van der Waals surface area contributed by atoms with Crippen molar-refractivity contribution in [3.05, 3.63) is 34.3 Å². The van der Waals surface area contributed by atoms with Gasteiger partial charge in [0.2, 0.25) is 0 Å². The molecule has 0 spiro atoms. The number of benzene rings is 1. The molecule has 0 amide bonds. The van der Waals surface area contributed by atoms with Gasteiger partial charge in [-0.1, -0.05) is 61.8 Å². The van der Waals surface area contributed by atoms with Crippen molar-refractivity contribution in [2.24, 2.45) is 10.8 Å². The van der Waals surface area contributed by atoms with Crippen molar-refractivity contribution >= 4 is 15.9 Å². The average Bonchev–Trinajstić information content (AvgIpc) is 2.46. The lowest BCUT2D eigenvalue weighted by Crippen LogP contribution is -1.95. The van der Waals surface area contributed by atoms with E-state index in [4.69, 9.17) is 0 Å². The van der Waals surface area contributed by atoms with Crippen LogP contribution in [0.25, 0.3) is 0 Å². The molecule has 0 atom stereocenters. The van der Waals surface area contributed by atoms with E-state index < -0.39 is 0 Å². The summed E-state index contributed by atoms with van der Waals surface area (Å²) in [5.74, 6) is 0.686. The average molecular weight is 253 g/mol. The standard InChI is InChI=1S/C13H17Br/c1-12(2)11(13(12,3)4)9-7-5-6-8-10(9)14/h5-8,11H,1-4H3. The minimum atomic E-state index is 0.427. The van der Waals surface area contributed by atoms with Crippen LogP contribution in [0.1, 0.15) is 39.2 Å². The van der Waals surface area contributed by atoms with E-state index in [0.717, 1.165) is 0 Å². The smallest absolute Gasteiger partial charge is 0.0210 e. The van der Waals surface area contributed by atoms with Gasteiger partial charge in [-0.15, -0.1) is 0 Å². The Kier molecular flexibility index (Phi) is 2.08. The molecule has 2 rings (SSSR count). The fourth-order valence-electron chi connectivity index (χ4n) is 2.68. The second-order valence-corrected chi connectivity index (χ2v) is 6.25. The topological polar surface area (TPSA) is 0 Å². The van der Waals surface area contributed by atoms with Gasteiger partial charge in [-0.05, 0) is 28.4 Å². The molecule has 1 fully saturated rings. The van der Waals surface area contributed by atoms with E-state index in [-0.39, 0.29) is 0 Å². The maximum Gasteiger partial charge on any atom is 0.0210 e. The summed E-state index contributed by atoms with van der Waals surface area (Å²) < 4.78 is 1.25. The largest absolute Gasteiger partial charge is 0.0619 e. The fourth-order valence-corrected chi connectivity index (χ4v) is 3.20. The minimum absolute atomic E-state index is 0.427. The second-order valence-electron chi connectivity index (χ2n) is 5.40. The van der Waals surface area contributed by atoms with Crippen molar-refractivity contribution in [3.63, 3.8) is 0 Å². The van der Waals surface area contributed by atoms with Crippen LogP contribution in [0, 0.1) is 10.8 Å². The van der Waals surface area contributed by atoms with Crippen molar-refractivity contribution in [2.45, 2.75) is 33.6 Å². The molecule has 0 aromatic heterocycles. The molecule has 1 aliphatic carbocycles. The molecule has 1 aliphatic rings. The van der Waals surface area contributed by atoms with Gasteiger partial charge in [0.25, 0.3) is 0 Å². The summed E-state index contributed by atoms with van der Waals surface area (Å²) in [6.07, 6.45) is 0. The normalized spacial score (nSPS) is 23.5. The van der Waals surface area contributed by atoms with Crippen LogP contribution in [0.4, 0.5) is 0 Å². The number of halogens is 1. The summed E-state index contributed by atoms with van der Waals surface area (Å²) in [5, 5.41) is 0. The van der Waals surface area contributed by atoms with E-state index in [9.17, 15) is 0 Å². The molecule has 1 heteroatoms. The van der Waals surface area contributed by atoms with Gasteiger partial charge < -0.3 is 0 Å². The summed E-state index contributed by atoms with van der Waals surface area (Å²) in [6.45, 7) is 9.43. The highest BCUT2D eigenvalue weighted by Crippen LogP contribution is 2.74. The zero-order valence-corrected chi connectivity index (χ0v) is 10.9. The van der Waals surface area contributed by atoms with Crippen molar-refractivity contribution in [2.75, 3.05) is 0 Å². The Bertz CT molecular complexity index is 349. The van der Waals surface area contributed by atoms with Gasteiger partial charge in [-0.25, -0.2) is 0 Å². The van der Waals surface area contributed by atoms with Gasteiger partial charge >= 0.3 is 0 Å². The van der Waals surface area contributed by atoms with Crippen LogP contribution in [-0.2, 0) is 0 Å². The molecule has 1 aromatic carbocycles. The molecular formula is C13H17Br. The maximum atomic E-state index is 3.64. The van der Waals surface area contributed by atoms with Gasteiger partial charge in [0.05, 0.1) is 0 Å². The summed E-state index contributed by atoms with van der Waals surface area (Å²) in [6, 6.07) is 8.59. The van der Waals surface area contributed by atoms with Crippen LogP contribution in [-0.4, -0.2) is 0 Å². The first-order valence-corrected chi connectivity index (χ1v) is 5.93. The van der Waals surface area contributed by atoms with E-state index in [1.165, 1.54) is 10.0 Å². The third-order valence-electron chi connectivity index (χ3n) is 4.24. The first-order chi connectivity index (χ1) is 6.39. The van der Waals surface area contributed by atoms with Crippen LogP contribution >= 0.6 is 15.9 Å². The molecule has 0 nitrogen and oxygen atoms in total. The maximum absolute atomic E-state index is 3.64. The van der Waals surface area contributed by atoms with Crippen LogP contribution in [0.15, 0.2) is 28.7 Å². The first kappa shape index (κ1) is 10.2. The third-order valence-corrected chi connectivity index (χ3v) is 4.96. The molecule has 0 radical (unpaired) electrons. The van der Waals surface area contributed by atoms with E-state index in [2.05, 4.69) is 67.9 Å². The molecule has 76 valence electrons. The Hall–Kier alpha value is -0.300. The SMILES string of the molecule is CC1(C)C(c2ccccc2Br)C1(C)C. The Balaban J connectivity index is 2.41. The minimum Gasteiger partial charge on any atom is -0.0619 e. The lowest BCUT2D eigenvalue weighted by atomic mass is 10.0. The van der Waals surface area contributed by atoms with Crippen molar-refractivity contribution < 1.29 is 0 Å². The van der Waals surface area contributed by atoms with E-state index >= 15 is 0 Å². The number of hydrogen-bond donors (Lipinski definition) is 0. The highest BCUT2D eigenvalue weighted by atomic mass is 79.9. The Morgan fingerprint density at radius 1 is 1.00 bits per heavy atom. The van der Waals surface area contributed by atoms with Gasteiger partial charge in [-0.3, -0.25) is 0 Å². The number of hydrogen-bond acceptors (Lipinski definition) is 0. The second kappa shape index (κ2) is 2.85. The summed E-state index contributed by atoms with van der Waals surface area (Å²) in [4.78, 5) is 0. The quantitative estimate of drug-likeness (QED) is 0.686. The van der Waals surface area contributed by atoms with Crippen LogP contribution in [0.2, 0.25) is 0 Å². The predicted molar refractivity (Wildman–Crippen MR) is 64.4 cm³/mol. The summed E-state index contributed by atoms with van der Waals surface area (Å²) in [7, 11) is 0. The van der Waals surface area contributed by atoms with E-state index in [1.54, 1.807) is 0 Å². The molecule has 0 heterocycles. The predicted octanol–water partition coefficient (Wildman–Crippen LogP) is 4.60. The third kappa shape index (κ3) is 1.18. The Labute approximate surface area is 94.8 Å². The van der Waals surface area contributed by atoms with Gasteiger partial charge in [0, 0.05) is 4.47 Å². The molecule has 0 N–H and O–H groups in total. The number of rotatable bonds is 1. The van der Waals surface area contributed by atoms with Gasteiger partial charge in [0.15, 0.2) is 0 Å². The lowest BCUT2D eigenvalue weighted by molar-refractivity contribution is 0.457. The molecule has 0 saturated heterocycles. The molecule has 0 unspecified atom stereocenters.